The Morgan fingerprint density at radius 2 is 1.34 bits per heavy atom. The molecule has 0 saturated heterocycles. The third kappa shape index (κ3) is 2.68. The molecule has 3 aromatic rings. The Morgan fingerprint density at radius 3 is 2.03 bits per heavy atom. The van der Waals surface area contributed by atoms with E-state index < -0.39 is 10.0 Å². The first kappa shape index (κ1) is 18.5. The topological polar surface area (TPSA) is 0 Å². The number of rotatable bonds is 4. The summed E-state index contributed by atoms with van der Waals surface area (Å²) in [6.45, 7) is 4.52. The van der Waals surface area contributed by atoms with Gasteiger partial charge in [-0.05, 0) is 71.7 Å². The smallest absolute Gasteiger partial charge is 0.0329 e. The number of allylic oxidation sites excluding steroid dienone is 3. The molecule has 0 aliphatic heterocycles. The molecule has 1 fully saturated rings. The molecule has 146 valence electrons. The van der Waals surface area contributed by atoms with Gasteiger partial charge in [0.15, 0.2) is 0 Å². The van der Waals surface area contributed by atoms with E-state index in [4.69, 9.17) is 0 Å². The van der Waals surface area contributed by atoms with Crippen LogP contribution in [-0.2, 0) is 0 Å². The van der Waals surface area contributed by atoms with Crippen LogP contribution in [0.25, 0.3) is 11.1 Å². The Kier molecular flexibility index (Phi) is 4.33. The largest absolute Gasteiger partial charge is 0.180 e. The molecular formula is C28H28S. The van der Waals surface area contributed by atoms with E-state index in [0.29, 0.717) is 5.92 Å². The molecule has 0 spiro atoms. The molecule has 1 saturated carbocycles. The fourth-order valence-corrected chi connectivity index (χ4v) is 9.83. The van der Waals surface area contributed by atoms with Crippen LogP contribution in [-0.4, -0.2) is 11.0 Å². The van der Waals surface area contributed by atoms with E-state index in [9.17, 15) is 0 Å². The van der Waals surface area contributed by atoms with Crippen LogP contribution in [0.15, 0.2) is 107 Å². The molecule has 0 radical (unpaired) electrons. The van der Waals surface area contributed by atoms with Gasteiger partial charge in [-0.3, -0.25) is 0 Å². The van der Waals surface area contributed by atoms with Crippen molar-refractivity contribution in [3.63, 3.8) is 0 Å². The first-order valence-electron chi connectivity index (χ1n) is 10.4. The van der Waals surface area contributed by atoms with Crippen LogP contribution in [0.2, 0.25) is 0 Å². The van der Waals surface area contributed by atoms with Crippen molar-refractivity contribution in [3.8, 4) is 11.1 Å². The second kappa shape index (κ2) is 6.78. The summed E-state index contributed by atoms with van der Waals surface area (Å²) in [5.41, 5.74) is 5.51. The van der Waals surface area contributed by atoms with E-state index in [2.05, 4.69) is 117 Å². The monoisotopic (exact) mass is 396 g/mol. The number of hydrogen-bond donors (Lipinski definition) is 0. The highest BCUT2D eigenvalue weighted by Gasteiger charge is 2.61. The van der Waals surface area contributed by atoms with Gasteiger partial charge in [0, 0.05) is 9.64 Å². The van der Waals surface area contributed by atoms with Gasteiger partial charge >= 0.3 is 0 Å². The fraction of sp³-hybridized carbons (Fsp3) is 0.214. The average molecular weight is 397 g/mol. The predicted octanol–water partition coefficient (Wildman–Crippen LogP) is 7.71. The molecule has 1 heteroatoms. The van der Waals surface area contributed by atoms with Gasteiger partial charge in [-0.2, -0.15) is 10.0 Å². The Balaban J connectivity index is 1.82. The molecule has 3 aromatic carbocycles. The van der Waals surface area contributed by atoms with Crippen molar-refractivity contribution in [2.24, 2.45) is 5.92 Å². The summed E-state index contributed by atoms with van der Waals surface area (Å²) in [7, 11) is -1.29. The zero-order valence-corrected chi connectivity index (χ0v) is 18.2. The number of fused-ring (bicyclic) bond motifs is 1. The molecule has 5 rings (SSSR count). The third-order valence-corrected chi connectivity index (χ3v) is 11.6. The molecule has 2 aliphatic carbocycles. The summed E-state index contributed by atoms with van der Waals surface area (Å²) in [4.78, 5) is 3.05. The molecule has 0 aromatic heterocycles. The van der Waals surface area contributed by atoms with Gasteiger partial charge in [-0.25, -0.2) is 0 Å². The summed E-state index contributed by atoms with van der Waals surface area (Å²) in [6.07, 6.45) is 13.3. The average Bonchev–Trinajstić information content (AvgIpc) is 3.51. The quantitative estimate of drug-likeness (QED) is 0.424. The maximum absolute atomic E-state index is 2.57. The number of aryl methyl sites for hydroxylation is 2. The van der Waals surface area contributed by atoms with E-state index in [-0.39, 0.29) is 4.75 Å². The maximum atomic E-state index is 2.57. The van der Waals surface area contributed by atoms with Crippen LogP contribution >= 0.6 is 10.0 Å². The molecule has 0 bridgehead atoms. The molecule has 0 nitrogen and oxygen atoms in total. The van der Waals surface area contributed by atoms with Crippen LogP contribution < -0.4 is 0 Å². The minimum absolute atomic E-state index is 0.229. The summed E-state index contributed by atoms with van der Waals surface area (Å²) in [6, 6.07) is 27.0. The van der Waals surface area contributed by atoms with Crippen molar-refractivity contribution in [3.05, 3.63) is 108 Å². The van der Waals surface area contributed by atoms with Crippen LogP contribution in [0.3, 0.4) is 0 Å². The van der Waals surface area contributed by atoms with Gasteiger partial charge < -0.3 is 0 Å². The molecule has 0 amide bonds. The first-order valence-corrected chi connectivity index (χ1v) is 12.5. The molecule has 3 atom stereocenters. The van der Waals surface area contributed by atoms with Gasteiger partial charge in [-0.1, -0.05) is 85.0 Å². The lowest BCUT2D eigenvalue weighted by molar-refractivity contribution is 0.997. The van der Waals surface area contributed by atoms with E-state index in [0.717, 1.165) is 0 Å². The van der Waals surface area contributed by atoms with Crippen molar-refractivity contribution in [1.29, 1.82) is 0 Å². The molecular weight excluding hydrogens is 368 g/mol. The number of benzene rings is 3. The SMILES string of the molecule is Cc1ccccc1-c1ccccc1S(C)(c1ccccc1C)C12C=CC=CC1C2. The molecule has 0 heterocycles. The second-order valence-electron chi connectivity index (χ2n) is 8.50. The van der Waals surface area contributed by atoms with E-state index in [1.54, 1.807) is 0 Å². The normalized spacial score (nSPS) is 25.1. The fourth-order valence-electron chi connectivity index (χ4n) is 5.19. The zero-order chi connectivity index (χ0) is 20.1. The van der Waals surface area contributed by atoms with Crippen LogP contribution in [0.1, 0.15) is 17.5 Å². The Labute approximate surface area is 176 Å². The minimum Gasteiger partial charge on any atom is -0.180 e. The van der Waals surface area contributed by atoms with Crippen molar-refractivity contribution in [2.45, 2.75) is 34.8 Å². The van der Waals surface area contributed by atoms with Gasteiger partial charge in [0.05, 0.1) is 0 Å². The van der Waals surface area contributed by atoms with Gasteiger partial charge in [0.25, 0.3) is 0 Å². The Morgan fingerprint density at radius 1 is 0.724 bits per heavy atom. The van der Waals surface area contributed by atoms with Crippen LogP contribution in [0, 0.1) is 19.8 Å². The van der Waals surface area contributed by atoms with Gasteiger partial charge in [-0.15, -0.1) is 0 Å². The summed E-state index contributed by atoms with van der Waals surface area (Å²) in [5, 5.41) is 0. The first-order chi connectivity index (χ1) is 14.1. The Bertz CT molecular complexity index is 1140. The van der Waals surface area contributed by atoms with Crippen molar-refractivity contribution in [1.82, 2.24) is 0 Å². The lowest BCUT2D eigenvalue weighted by atomic mass is 10.0. The highest BCUT2D eigenvalue weighted by Crippen LogP contribution is 2.81. The van der Waals surface area contributed by atoms with E-state index >= 15 is 0 Å². The lowest BCUT2D eigenvalue weighted by Gasteiger charge is -2.47. The molecule has 0 N–H and O–H groups in total. The Hall–Kier alpha value is -2.51. The van der Waals surface area contributed by atoms with E-state index in [1.165, 1.54) is 38.5 Å². The molecule has 29 heavy (non-hydrogen) atoms. The standard InChI is InChI=1S/C28H28S/c1-21-12-4-6-15-24(21)25-16-7-9-18-27(25)29(3,26-17-8-5-13-22(26)2)28-19-11-10-14-23(28)20-28/h4-19,23H,20H2,1-3H3. The van der Waals surface area contributed by atoms with E-state index in [1.807, 2.05) is 0 Å². The summed E-state index contributed by atoms with van der Waals surface area (Å²) >= 11 is 0. The van der Waals surface area contributed by atoms with Crippen LogP contribution in [0.4, 0.5) is 0 Å². The maximum Gasteiger partial charge on any atom is 0.0329 e. The van der Waals surface area contributed by atoms with Gasteiger partial charge in [0.2, 0.25) is 0 Å². The highest BCUT2D eigenvalue weighted by atomic mass is 32.3. The minimum atomic E-state index is -1.29. The third-order valence-electron chi connectivity index (χ3n) is 6.89. The summed E-state index contributed by atoms with van der Waals surface area (Å²) in [5.74, 6) is 0.650. The van der Waals surface area contributed by atoms with Crippen molar-refractivity contribution < 1.29 is 0 Å². The van der Waals surface area contributed by atoms with Crippen LogP contribution in [0.5, 0.6) is 0 Å². The highest BCUT2D eigenvalue weighted by molar-refractivity contribution is 8.34. The lowest BCUT2D eigenvalue weighted by Crippen LogP contribution is -2.22. The second-order valence-corrected chi connectivity index (χ2v) is 12.0. The molecule has 2 aliphatic rings. The predicted molar refractivity (Wildman–Crippen MR) is 127 cm³/mol. The molecule has 3 unspecified atom stereocenters. The zero-order valence-electron chi connectivity index (χ0n) is 17.4. The van der Waals surface area contributed by atoms with Crippen molar-refractivity contribution in [2.75, 3.05) is 6.26 Å². The summed E-state index contributed by atoms with van der Waals surface area (Å²) < 4.78 is 0.229. The van der Waals surface area contributed by atoms with Crippen molar-refractivity contribution >= 4 is 10.0 Å². The number of hydrogen-bond acceptors (Lipinski definition) is 0. The van der Waals surface area contributed by atoms with Gasteiger partial charge in [0.1, 0.15) is 0 Å².